The highest BCUT2D eigenvalue weighted by atomic mass is 19.1. The third-order valence-corrected chi connectivity index (χ3v) is 4.30. The highest BCUT2D eigenvalue weighted by molar-refractivity contribution is 5.97. The Balaban J connectivity index is 1.69. The zero-order valence-corrected chi connectivity index (χ0v) is 11.4. The molecule has 2 heterocycles. The first kappa shape index (κ1) is 13.4. The predicted octanol–water partition coefficient (Wildman–Crippen LogP) is 1.84. The summed E-state index contributed by atoms with van der Waals surface area (Å²) < 4.78 is 13.0. The van der Waals surface area contributed by atoms with Crippen LogP contribution < -0.4 is 0 Å². The number of phenolic OH excluding ortho intramolecular Hbond substituents is 1. The first-order chi connectivity index (χ1) is 9.65. The number of hydrogen-bond acceptors (Lipinski definition) is 3. The number of likely N-dealkylation sites (tertiary alicyclic amines) is 2. The van der Waals surface area contributed by atoms with E-state index in [9.17, 15) is 14.3 Å². The van der Waals surface area contributed by atoms with Gasteiger partial charge < -0.3 is 10.0 Å². The van der Waals surface area contributed by atoms with Gasteiger partial charge in [0.25, 0.3) is 5.91 Å². The molecule has 2 fully saturated rings. The number of phenols is 1. The van der Waals surface area contributed by atoms with Gasteiger partial charge in [0.1, 0.15) is 11.6 Å². The van der Waals surface area contributed by atoms with Gasteiger partial charge in [-0.15, -0.1) is 0 Å². The highest BCUT2D eigenvalue weighted by Gasteiger charge is 2.32. The smallest absolute Gasteiger partial charge is 0.257 e. The van der Waals surface area contributed by atoms with Crippen molar-refractivity contribution in [3.63, 3.8) is 0 Å². The molecule has 0 aliphatic carbocycles. The van der Waals surface area contributed by atoms with Crippen LogP contribution in [0.5, 0.6) is 5.75 Å². The molecule has 5 heteroatoms. The molecule has 2 aliphatic heterocycles. The minimum Gasteiger partial charge on any atom is -0.507 e. The number of nitrogens with zero attached hydrogens (tertiary/aromatic N) is 2. The zero-order chi connectivity index (χ0) is 14.1. The minimum atomic E-state index is -0.532. The molecule has 1 amide bonds. The van der Waals surface area contributed by atoms with E-state index < -0.39 is 5.82 Å². The summed E-state index contributed by atoms with van der Waals surface area (Å²) in [7, 11) is 0. The molecule has 2 saturated heterocycles. The van der Waals surface area contributed by atoms with Crippen molar-refractivity contribution in [2.45, 2.75) is 25.3 Å². The molecule has 1 N–H and O–H groups in total. The quantitative estimate of drug-likeness (QED) is 0.897. The Bertz CT molecular complexity index is 515. The molecule has 0 spiro atoms. The summed E-state index contributed by atoms with van der Waals surface area (Å²) in [6, 6.07) is 3.99. The number of carbonyl (C=O) groups excluding carboxylic acids is 1. The Hall–Kier alpha value is -1.62. The molecule has 0 bridgehead atoms. The van der Waals surface area contributed by atoms with Crippen LogP contribution in [-0.4, -0.2) is 53.0 Å². The van der Waals surface area contributed by atoms with E-state index in [1.54, 1.807) is 4.90 Å². The number of amides is 1. The van der Waals surface area contributed by atoms with Crippen molar-refractivity contribution in [2.75, 3.05) is 26.2 Å². The van der Waals surface area contributed by atoms with Gasteiger partial charge in [0.15, 0.2) is 0 Å². The van der Waals surface area contributed by atoms with Gasteiger partial charge in [0, 0.05) is 25.2 Å². The van der Waals surface area contributed by atoms with E-state index in [-0.39, 0.29) is 17.2 Å². The first-order valence-corrected chi connectivity index (χ1v) is 7.17. The van der Waals surface area contributed by atoms with Gasteiger partial charge in [-0.1, -0.05) is 0 Å². The summed E-state index contributed by atoms with van der Waals surface area (Å²) in [5, 5.41) is 9.70. The molecule has 0 aromatic heterocycles. The predicted molar refractivity (Wildman–Crippen MR) is 73.2 cm³/mol. The van der Waals surface area contributed by atoms with Crippen molar-refractivity contribution in [2.24, 2.45) is 0 Å². The molecule has 1 aromatic carbocycles. The number of carbonyl (C=O) groups is 1. The SMILES string of the molecule is O=C(c1ccc(F)cc1O)N1CCC(N2CCCC2)C1. The van der Waals surface area contributed by atoms with Crippen molar-refractivity contribution < 1.29 is 14.3 Å². The summed E-state index contributed by atoms with van der Waals surface area (Å²) in [4.78, 5) is 16.6. The second-order valence-corrected chi connectivity index (χ2v) is 5.60. The standard InChI is InChI=1S/C15H19FN2O2/c16-11-3-4-13(14(19)9-11)15(20)18-8-5-12(10-18)17-6-1-2-7-17/h3-4,9,12,19H,1-2,5-8,10H2. The molecule has 1 aromatic rings. The molecule has 1 atom stereocenters. The van der Waals surface area contributed by atoms with Gasteiger partial charge in [0.2, 0.25) is 0 Å². The molecule has 2 aliphatic rings. The van der Waals surface area contributed by atoms with Crippen LogP contribution in [0.1, 0.15) is 29.6 Å². The fourth-order valence-electron chi connectivity index (χ4n) is 3.19. The maximum absolute atomic E-state index is 13.0. The Morgan fingerprint density at radius 1 is 1.25 bits per heavy atom. The molecule has 108 valence electrons. The maximum atomic E-state index is 13.0. The Kier molecular flexibility index (Phi) is 3.61. The van der Waals surface area contributed by atoms with Gasteiger partial charge in [-0.05, 0) is 44.5 Å². The Morgan fingerprint density at radius 2 is 2.00 bits per heavy atom. The number of aromatic hydroxyl groups is 1. The molecule has 4 nitrogen and oxygen atoms in total. The molecule has 20 heavy (non-hydrogen) atoms. The lowest BCUT2D eigenvalue weighted by Crippen LogP contribution is -2.37. The third-order valence-electron chi connectivity index (χ3n) is 4.30. The fourth-order valence-corrected chi connectivity index (χ4v) is 3.19. The van der Waals surface area contributed by atoms with Crippen LogP contribution in [0, 0.1) is 5.82 Å². The zero-order valence-electron chi connectivity index (χ0n) is 11.4. The Labute approximate surface area is 117 Å². The normalized spacial score (nSPS) is 23.4. The molecule has 0 radical (unpaired) electrons. The second kappa shape index (κ2) is 5.40. The molecule has 0 saturated carbocycles. The van der Waals surface area contributed by atoms with Crippen LogP contribution >= 0.6 is 0 Å². The van der Waals surface area contributed by atoms with Crippen LogP contribution in [0.4, 0.5) is 4.39 Å². The molecular weight excluding hydrogens is 259 g/mol. The lowest BCUT2D eigenvalue weighted by atomic mass is 10.1. The van der Waals surface area contributed by atoms with Gasteiger partial charge in [-0.3, -0.25) is 9.69 Å². The average Bonchev–Trinajstić information content (AvgIpc) is 3.09. The van der Waals surface area contributed by atoms with Crippen LogP contribution in [0.15, 0.2) is 18.2 Å². The van der Waals surface area contributed by atoms with E-state index in [0.29, 0.717) is 19.1 Å². The Morgan fingerprint density at radius 3 is 2.70 bits per heavy atom. The van der Waals surface area contributed by atoms with E-state index in [2.05, 4.69) is 4.90 Å². The third kappa shape index (κ3) is 2.50. The summed E-state index contributed by atoms with van der Waals surface area (Å²) in [5.74, 6) is -1.01. The average molecular weight is 278 g/mol. The van der Waals surface area contributed by atoms with Crippen LogP contribution in [0.2, 0.25) is 0 Å². The second-order valence-electron chi connectivity index (χ2n) is 5.60. The van der Waals surface area contributed by atoms with Crippen molar-refractivity contribution in [1.82, 2.24) is 9.80 Å². The maximum Gasteiger partial charge on any atom is 0.257 e. The van der Waals surface area contributed by atoms with Gasteiger partial charge in [-0.25, -0.2) is 4.39 Å². The van der Waals surface area contributed by atoms with Crippen molar-refractivity contribution in [3.8, 4) is 5.75 Å². The molecular formula is C15H19FN2O2. The number of hydrogen-bond donors (Lipinski definition) is 1. The first-order valence-electron chi connectivity index (χ1n) is 7.17. The van der Waals surface area contributed by atoms with Crippen LogP contribution in [0.3, 0.4) is 0 Å². The van der Waals surface area contributed by atoms with Crippen LogP contribution in [0.25, 0.3) is 0 Å². The summed E-state index contributed by atoms with van der Waals surface area (Å²) in [6.45, 7) is 3.65. The van der Waals surface area contributed by atoms with E-state index in [0.717, 1.165) is 25.6 Å². The monoisotopic (exact) mass is 278 g/mol. The topological polar surface area (TPSA) is 43.8 Å². The number of rotatable bonds is 2. The highest BCUT2D eigenvalue weighted by Crippen LogP contribution is 2.25. The fraction of sp³-hybridized carbons (Fsp3) is 0.533. The van der Waals surface area contributed by atoms with Crippen molar-refractivity contribution in [3.05, 3.63) is 29.6 Å². The van der Waals surface area contributed by atoms with Gasteiger partial charge in [-0.2, -0.15) is 0 Å². The van der Waals surface area contributed by atoms with E-state index >= 15 is 0 Å². The summed E-state index contributed by atoms with van der Waals surface area (Å²) >= 11 is 0. The van der Waals surface area contributed by atoms with Crippen LogP contribution in [-0.2, 0) is 0 Å². The van der Waals surface area contributed by atoms with E-state index in [4.69, 9.17) is 0 Å². The largest absolute Gasteiger partial charge is 0.507 e. The number of halogens is 1. The minimum absolute atomic E-state index is 0.188. The van der Waals surface area contributed by atoms with Gasteiger partial charge >= 0.3 is 0 Å². The molecule has 1 unspecified atom stereocenters. The van der Waals surface area contributed by atoms with E-state index in [1.165, 1.54) is 25.0 Å². The number of benzene rings is 1. The lowest BCUT2D eigenvalue weighted by Gasteiger charge is -2.23. The van der Waals surface area contributed by atoms with Gasteiger partial charge in [0.05, 0.1) is 5.56 Å². The molecule has 3 rings (SSSR count). The summed E-state index contributed by atoms with van der Waals surface area (Å²) in [5.41, 5.74) is 0.188. The lowest BCUT2D eigenvalue weighted by molar-refractivity contribution is 0.0777. The van der Waals surface area contributed by atoms with E-state index in [1.807, 2.05) is 0 Å². The summed E-state index contributed by atoms with van der Waals surface area (Å²) in [6.07, 6.45) is 3.46. The van der Waals surface area contributed by atoms with Crippen molar-refractivity contribution >= 4 is 5.91 Å². The van der Waals surface area contributed by atoms with Crippen molar-refractivity contribution in [1.29, 1.82) is 0 Å².